The van der Waals surface area contributed by atoms with E-state index in [-0.39, 0.29) is 0 Å². The van der Waals surface area contributed by atoms with Crippen molar-refractivity contribution < 1.29 is 0 Å². The molecule has 1 N–H and O–H groups in total. The molecule has 0 aliphatic carbocycles. The zero-order valence-corrected chi connectivity index (χ0v) is 11.6. The van der Waals surface area contributed by atoms with Crippen molar-refractivity contribution in [3.63, 3.8) is 0 Å². The summed E-state index contributed by atoms with van der Waals surface area (Å²) in [5, 5.41) is 12.4. The van der Waals surface area contributed by atoms with Gasteiger partial charge in [0.1, 0.15) is 11.8 Å². The summed E-state index contributed by atoms with van der Waals surface area (Å²) in [4.78, 5) is 0. The van der Waals surface area contributed by atoms with E-state index in [0.717, 1.165) is 25.2 Å². The Labute approximate surface area is 104 Å². The molecule has 0 bridgehead atoms. The predicted octanol–water partition coefficient (Wildman–Crippen LogP) is 2.73. The zero-order valence-electron chi connectivity index (χ0n) is 11.6. The molecule has 0 saturated heterocycles. The quantitative estimate of drug-likeness (QED) is 0.812. The molecule has 3 heteroatoms. The smallest absolute Gasteiger partial charge is 0.120 e. The van der Waals surface area contributed by atoms with Gasteiger partial charge in [-0.05, 0) is 36.9 Å². The molecular formula is C14H23N3. The Kier molecular flexibility index (Phi) is 4.36. The average Bonchev–Trinajstić information content (AvgIpc) is 2.50. The van der Waals surface area contributed by atoms with Crippen molar-refractivity contribution in [3.8, 4) is 6.07 Å². The molecule has 0 fully saturated rings. The molecule has 0 amide bonds. The molecule has 0 saturated carbocycles. The lowest BCUT2D eigenvalue weighted by molar-refractivity contribution is 0.366. The number of rotatable bonds is 4. The highest BCUT2D eigenvalue weighted by molar-refractivity contribution is 5.33. The zero-order chi connectivity index (χ0) is 13.1. The Bertz CT molecular complexity index is 416. The second kappa shape index (κ2) is 5.37. The van der Waals surface area contributed by atoms with E-state index in [2.05, 4.69) is 39.1 Å². The van der Waals surface area contributed by atoms with E-state index in [9.17, 15) is 0 Å². The number of nitrogens with one attached hydrogen (secondary N) is 1. The molecule has 0 aliphatic rings. The highest BCUT2D eigenvalue weighted by Gasteiger charge is 2.10. The van der Waals surface area contributed by atoms with Crippen LogP contribution in [0.25, 0.3) is 0 Å². The molecule has 1 rings (SSSR count). The monoisotopic (exact) mass is 233 g/mol. The minimum Gasteiger partial charge on any atom is -0.340 e. The van der Waals surface area contributed by atoms with Crippen LogP contribution < -0.4 is 5.32 Å². The Morgan fingerprint density at radius 3 is 2.53 bits per heavy atom. The SMILES string of the molecule is Cc1c(CNCCC(C)(C)C)cc(C#N)n1C. The first-order chi connectivity index (χ1) is 7.85. The molecular weight excluding hydrogens is 210 g/mol. The second-order valence-electron chi connectivity index (χ2n) is 5.80. The van der Waals surface area contributed by atoms with Gasteiger partial charge in [-0.15, -0.1) is 0 Å². The van der Waals surface area contributed by atoms with E-state index < -0.39 is 0 Å². The van der Waals surface area contributed by atoms with Gasteiger partial charge in [0.25, 0.3) is 0 Å². The number of hydrogen-bond donors (Lipinski definition) is 1. The van der Waals surface area contributed by atoms with Crippen LogP contribution in [-0.2, 0) is 13.6 Å². The van der Waals surface area contributed by atoms with Crippen molar-refractivity contribution >= 4 is 0 Å². The maximum atomic E-state index is 8.94. The van der Waals surface area contributed by atoms with Crippen LogP contribution in [0.3, 0.4) is 0 Å². The Morgan fingerprint density at radius 2 is 2.06 bits per heavy atom. The van der Waals surface area contributed by atoms with E-state index in [1.165, 1.54) is 11.3 Å². The van der Waals surface area contributed by atoms with Crippen molar-refractivity contribution in [2.45, 2.75) is 40.7 Å². The van der Waals surface area contributed by atoms with Crippen molar-refractivity contribution in [2.24, 2.45) is 12.5 Å². The van der Waals surface area contributed by atoms with Gasteiger partial charge in [0, 0.05) is 19.3 Å². The molecule has 0 atom stereocenters. The van der Waals surface area contributed by atoms with Gasteiger partial charge in [-0.25, -0.2) is 0 Å². The normalized spacial score (nSPS) is 11.5. The van der Waals surface area contributed by atoms with E-state index in [0.29, 0.717) is 5.41 Å². The molecule has 0 aromatic carbocycles. The van der Waals surface area contributed by atoms with Gasteiger partial charge in [0.2, 0.25) is 0 Å². The molecule has 1 aromatic heterocycles. The van der Waals surface area contributed by atoms with Crippen LogP contribution in [0.2, 0.25) is 0 Å². The molecule has 94 valence electrons. The molecule has 0 spiro atoms. The van der Waals surface area contributed by atoms with Crippen molar-refractivity contribution in [1.29, 1.82) is 5.26 Å². The van der Waals surface area contributed by atoms with Gasteiger partial charge in [0.15, 0.2) is 0 Å². The van der Waals surface area contributed by atoms with E-state index in [4.69, 9.17) is 5.26 Å². The van der Waals surface area contributed by atoms with Crippen LogP contribution in [0.5, 0.6) is 0 Å². The summed E-state index contributed by atoms with van der Waals surface area (Å²) in [6, 6.07) is 4.18. The largest absolute Gasteiger partial charge is 0.340 e. The molecule has 1 aromatic rings. The molecule has 1 heterocycles. The van der Waals surface area contributed by atoms with Gasteiger partial charge in [-0.3, -0.25) is 0 Å². The van der Waals surface area contributed by atoms with Crippen LogP contribution in [0.1, 0.15) is 44.1 Å². The summed E-state index contributed by atoms with van der Waals surface area (Å²) < 4.78 is 1.95. The number of nitriles is 1. The second-order valence-corrected chi connectivity index (χ2v) is 5.80. The first kappa shape index (κ1) is 13.8. The molecule has 0 unspecified atom stereocenters. The third-order valence-corrected chi connectivity index (χ3v) is 3.12. The lowest BCUT2D eigenvalue weighted by Gasteiger charge is -2.18. The van der Waals surface area contributed by atoms with Gasteiger partial charge in [-0.1, -0.05) is 20.8 Å². The maximum Gasteiger partial charge on any atom is 0.120 e. The van der Waals surface area contributed by atoms with Gasteiger partial charge < -0.3 is 9.88 Å². The van der Waals surface area contributed by atoms with Crippen molar-refractivity contribution in [2.75, 3.05) is 6.54 Å². The van der Waals surface area contributed by atoms with Crippen molar-refractivity contribution in [1.82, 2.24) is 9.88 Å². The molecule has 0 radical (unpaired) electrons. The minimum absolute atomic E-state index is 0.372. The van der Waals surface area contributed by atoms with Crippen molar-refractivity contribution in [3.05, 3.63) is 23.0 Å². The number of aromatic nitrogens is 1. The summed E-state index contributed by atoms with van der Waals surface area (Å²) in [6.07, 6.45) is 1.16. The number of nitrogens with zero attached hydrogens (tertiary/aromatic N) is 2. The topological polar surface area (TPSA) is 40.8 Å². The van der Waals surface area contributed by atoms with Crippen LogP contribution >= 0.6 is 0 Å². The highest BCUT2D eigenvalue weighted by atomic mass is 15.0. The van der Waals surface area contributed by atoms with E-state index >= 15 is 0 Å². The van der Waals surface area contributed by atoms with Crippen LogP contribution in [-0.4, -0.2) is 11.1 Å². The standard InChI is InChI=1S/C14H23N3/c1-11-12(8-13(9-15)17(11)5)10-16-7-6-14(2,3)4/h8,16H,6-7,10H2,1-5H3. The lowest BCUT2D eigenvalue weighted by Crippen LogP contribution is -2.20. The minimum atomic E-state index is 0.372. The van der Waals surface area contributed by atoms with Crippen LogP contribution in [0, 0.1) is 23.7 Å². The third-order valence-electron chi connectivity index (χ3n) is 3.12. The Morgan fingerprint density at radius 1 is 1.41 bits per heavy atom. The maximum absolute atomic E-state index is 8.94. The Balaban J connectivity index is 2.51. The molecule has 3 nitrogen and oxygen atoms in total. The summed E-state index contributed by atoms with van der Waals surface area (Å²) in [6.45, 7) is 10.7. The summed E-state index contributed by atoms with van der Waals surface area (Å²) in [7, 11) is 1.94. The van der Waals surface area contributed by atoms with Gasteiger partial charge in [-0.2, -0.15) is 5.26 Å². The third kappa shape index (κ3) is 3.90. The lowest BCUT2D eigenvalue weighted by atomic mass is 9.92. The fraction of sp³-hybridized carbons (Fsp3) is 0.643. The Hall–Kier alpha value is -1.27. The molecule has 0 aliphatic heterocycles. The highest BCUT2D eigenvalue weighted by Crippen LogP contribution is 2.17. The first-order valence-electron chi connectivity index (χ1n) is 6.11. The fourth-order valence-corrected chi connectivity index (χ4v) is 1.74. The van der Waals surface area contributed by atoms with Gasteiger partial charge in [0.05, 0.1) is 0 Å². The van der Waals surface area contributed by atoms with E-state index in [1.807, 2.05) is 17.7 Å². The summed E-state index contributed by atoms with van der Waals surface area (Å²) in [5.41, 5.74) is 3.49. The van der Waals surface area contributed by atoms with Crippen LogP contribution in [0.15, 0.2) is 6.07 Å². The van der Waals surface area contributed by atoms with Crippen LogP contribution in [0.4, 0.5) is 0 Å². The fourth-order valence-electron chi connectivity index (χ4n) is 1.74. The summed E-state index contributed by atoms with van der Waals surface area (Å²) >= 11 is 0. The van der Waals surface area contributed by atoms with Gasteiger partial charge >= 0.3 is 0 Å². The predicted molar refractivity (Wildman–Crippen MR) is 70.6 cm³/mol. The first-order valence-corrected chi connectivity index (χ1v) is 6.11. The average molecular weight is 233 g/mol. The van der Waals surface area contributed by atoms with E-state index in [1.54, 1.807) is 0 Å². The molecule has 17 heavy (non-hydrogen) atoms. The summed E-state index contributed by atoms with van der Waals surface area (Å²) in [5.74, 6) is 0. The number of hydrogen-bond acceptors (Lipinski definition) is 2.